The van der Waals surface area contributed by atoms with E-state index in [1.807, 2.05) is 6.92 Å². The minimum atomic E-state index is -0.429. The maximum absolute atomic E-state index is 11.2. The van der Waals surface area contributed by atoms with Crippen molar-refractivity contribution in [2.75, 3.05) is 7.11 Å². The minimum absolute atomic E-state index is 0.0406. The number of methoxy groups -OCH3 is 1. The van der Waals surface area contributed by atoms with E-state index in [9.17, 15) is 4.79 Å². The number of benzene rings is 1. The zero-order valence-electron chi connectivity index (χ0n) is 10.3. The molecule has 1 aromatic rings. The fraction of sp³-hybridized carbons (Fsp3) is 0.333. The van der Waals surface area contributed by atoms with Gasteiger partial charge in [0.25, 0.3) is 0 Å². The van der Waals surface area contributed by atoms with Crippen molar-refractivity contribution >= 4 is 23.4 Å². The minimum Gasteiger partial charge on any atom is -0.496 e. The molecule has 0 bridgehead atoms. The van der Waals surface area contributed by atoms with Crippen molar-refractivity contribution < 1.29 is 14.4 Å². The van der Waals surface area contributed by atoms with Gasteiger partial charge in [0.1, 0.15) is 5.75 Å². The van der Waals surface area contributed by atoms with E-state index in [1.54, 1.807) is 18.2 Å². The van der Waals surface area contributed by atoms with E-state index in [-0.39, 0.29) is 5.84 Å². The molecule has 0 aliphatic rings. The van der Waals surface area contributed by atoms with Gasteiger partial charge in [-0.15, -0.1) is 0 Å². The normalized spacial score (nSPS) is 11.2. The number of nitrogens with two attached hydrogens (primary N) is 1. The quantitative estimate of drug-likeness (QED) is 0.386. The summed E-state index contributed by atoms with van der Waals surface area (Å²) in [7, 11) is 1.50. The summed E-state index contributed by atoms with van der Waals surface area (Å²) in [5.41, 5.74) is 6.20. The summed E-state index contributed by atoms with van der Waals surface area (Å²) in [4.78, 5) is 15.8. The van der Waals surface area contributed by atoms with Crippen LogP contribution in [0.25, 0.3) is 0 Å². The van der Waals surface area contributed by atoms with Crippen LogP contribution in [0.4, 0.5) is 0 Å². The highest BCUT2D eigenvalue weighted by Crippen LogP contribution is 2.22. The zero-order chi connectivity index (χ0) is 13.5. The third-order valence-corrected chi connectivity index (χ3v) is 2.37. The lowest BCUT2D eigenvalue weighted by Crippen LogP contribution is -2.16. The summed E-state index contributed by atoms with van der Waals surface area (Å²) in [5, 5.41) is 4.06. The predicted molar refractivity (Wildman–Crippen MR) is 69.7 cm³/mol. The molecule has 18 heavy (non-hydrogen) atoms. The lowest BCUT2D eigenvalue weighted by Gasteiger charge is -2.07. The first-order valence-electron chi connectivity index (χ1n) is 5.45. The Labute approximate surface area is 111 Å². The average molecular weight is 271 g/mol. The van der Waals surface area contributed by atoms with Crippen molar-refractivity contribution in [1.29, 1.82) is 0 Å². The summed E-state index contributed by atoms with van der Waals surface area (Å²) in [6, 6.07) is 4.92. The Morgan fingerprint density at radius 1 is 1.50 bits per heavy atom. The third-order valence-electron chi connectivity index (χ3n) is 2.14. The highest BCUT2D eigenvalue weighted by molar-refractivity contribution is 6.31. The van der Waals surface area contributed by atoms with Crippen LogP contribution in [0.5, 0.6) is 5.75 Å². The molecule has 0 atom stereocenters. The Kier molecular flexibility index (Phi) is 5.45. The fourth-order valence-electron chi connectivity index (χ4n) is 1.28. The summed E-state index contributed by atoms with van der Waals surface area (Å²) in [6.45, 7) is 1.87. The van der Waals surface area contributed by atoms with Gasteiger partial charge in [0.15, 0.2) is 5.84 Å². The van der Waals surface area contributed by atoms with Crippen molar-refractivity contribution in [3.8, 4) is 5.75 Å². The number of amidine groups is 1. The fourth-order valence-corrected chi connectivity index (χ4v) is 1.45. The van der Waals surface area contributed by atoms with Crippen LogP contribution in [0.1, 0.15) is 25.3 Å². The van der Waals surface area contributed by atoms with E-state index in [2.05, 4.69) is 9.99 Å². The number of hydrogen-bond donors (Lipinski definition) is 1. The molecule has 0 aliphatic carbocycles. The number of hydrogen-bond acceptors (Lipinski definition) is 4. The maximum atomic E-state index is 11.2. The van der Waals surface area contributed by atoms with Gasteiger partial charge in [-0.05, 0) is 24.6 Å². The number of oxime groups is 1. The molecule has 6 heteroatoms. The van der Waals surface area contributed by atoms with E-state index < -0.39 is 5.97 Å². The SMILES string of the molecule is CCCC(=O)O/N=C(\N)c1cc(Cl)ccc1OC. The van der Waals surface area contributed by atoms with Crippen LogP contribution >= 0.6 is 11.6 Å². The summed E-state index contributed by atoms with van der Waals surface area (Å²) in [5.74, 6) is 0.118. The molecule has 0 unspecified atom stereocenters. The van der Waals surface area contributed by atoms with Crippen LogP contribution in [0, 0.1) is 0 Å². The molecular weight excluding hydrogens is 256 g/mol. The highest BCUT2D eigenvalue weighted by Gasteiger charge is 2.09. The topological polar surface area (TPSA) is 73.9 Å². The average Bonchev–Trinajstić information content (AvgIpc) is 2.36. The molecule has 0 spiro atoms. The molecule has 0 aliphatic heterocycles. The van der Waals surface area contributed by atoms with Gasteiger partial charge in [-0.25, -0.2) is 4.79 Å². The molecule has 1 rings (SSSR count). The molecule has 2 N–H and O–H groups in total. The molecule has 0 saturated heterocycles. The molecule has 98 valence electrons. The zero-order valence-corrected chi connectivity index (χ0v) is 11.0. The van der Waals surface area contributed by atoms with Gasteiger partial charge in [0.05, 0.1) is 12.7 Å². The molecule has 0 fully saturated rings. The number of halogens is 1. The Hall–Kier alpha value is -1.75. The first-order chi connectivity index (χ1) is 8.58. The molecule has 0 heterocycles. The van der Waals surface area contributed by atoms with Gasteiger partial charge in [-0.1, -0.05) is 23.7 Å². The van der Waals surface area contributed by atoms with E-state index >= 15 is 0 Å². The standard InChI is InChI=1S/C12H15ClN2O3/c1-3-4-11(16)18-15-12(14)9-7-8(13)5-6-10(9)17-2/h5-7H,3-4H2,1-2H3,(H2,14,15). The van der Waals surface area contributed by atoms with Gasteiger partial charge in [0.2, 0.25) is 0 Å². The van der Waals surface area contributed by atoms with E-state index in [0.717, 1.165) is 0 Å². The smallest absolute Gasteiger partial charge is 0.335 e. The molecule has 5 nitrogen and oxygen atoms in total. The number of nitrogens with zero attached hydrogens (tertiary/aromatic N) is 1. The lowest BCUT2D eigenvalue weighted by molar-refractivity contribution is -0.143. The van der Waals surface area contributed by atoms with Crippen molar-refractivity contribution in [2.45, 2.75) is 19.8 Å². The van der Waals surface area contributed by atoms with E-state index in [0.29, 0.717) is 29.2 Å². The largest absolute Gasteiger partial charge is 0.496 e. The maximum Gasteiger partial charge on any atom is 0.335 e. The van der Waals surface area contributed by atoms with Gasteiger partial charge < -0.3 is 15.3 Å². The number of carbonyl (C=O) groups excluding carboxylic acids is 1. The number of carbonyl (C=O) groups is 1. The predicted octanol–water partition coefficient (Wildman–Crippen LogP) is 2.31. The Balaban J connectivity index is 2.88. The molecule has 1 aromatic carbocycles. The molecule has 0 aromatic heterocycles. The van der Waals surface area contributed by atoms with E-state index in [1.165, 1.54) is 7.11 Å². The van der Waals surface area contributed by atoms with Crippen molar-refractivity contribution in [2.24, 2.45) is 10.9 Å². The van der Waals surface area contributed by atoms with Crippen molar-refractivity contribution in [3.05, 3.63) is 28.8 Å². The first-order valence-corrected chi connectivity index (χ1v) is 5.83. The molecule has 0 radical (unpaired) electrons. The molecule has 0 amide bonds. The van der Waals surface area contributed by atoms with E-state index in [4.69, 9.17) is 22.1 Å². The second kappa shape index (κ2) is 6.86. The van der Waals surface area contributed by atoms with Gasteiger partial charge >= 0.3 is 5.97 Å². The highest BCUT2D eigenvalue weighted by atomic mass is 35.5. The van der Waals surface area contributed by atoms with Crippen LogP contribution in [0.2, 0.25) is 5.02 Å². The first kappa shape index (κ1) is 14.3. The summed E-state index contributed by atoms with van der Waals surface area (Å²) < 4.78 is 5.12. The summed E-state index contributed by atoms with van der Waals surface area (Å²) >= 11 is 5.86. The van der Waals surface area contributed by atoms with Gasteiger partial charge in [0, 0.05) is 11.4 Å². The van der Waals surface area contributed by atoms with Crippen LogP contribution in [0.15, 0.2) is 23.4 Å². The second-order valence-corrected chi connectivity index (χ2v) is 3.97. The molecule has 0 saturated carbocycles. The van der Waals surface area contributed by atoms with Crippen LogP contribution < -0.4 is 10.5 Å². The summed E-state index contributed by atoms with van der Waals surface area (Å²) in [6.07, 6.45) is 0.984. The number of rotatable bonds is 5. The number of ether oxygens (including phenoxy) is 1. The Bertz CT molecular complexity index is 461. The lowest BCUT2D eigenvalue weighted by atomic mass is 10.2. The Morgan fingerprint density at radius 2 is 2.22 bits per heavy atom. The molecular formula is C12H15ClN2O3. The van der Waals surface area contributed by atoms with Crippen molar-refractivity contribution in [1.82, 2.24) is 0 Å². The van der Waals surface area contributed by atoms with Gasteiger partial charge in [-0.2, -0.15) is 0 Å². The third kappa shape index (κ3) is 3.92. The van der Waals surface area contributed by atoms with Gasteiger partial charge in [-0.3, -0.25) is 0 Å². The van der Waals surface area contributed by atoms with Crippen LogP contribution in [0.3, 0.4) is 0 Å². The second-order valence-electron chi connectivity index (χ2n) is 3.53. The Morgan fingerprint density at radius 3 is 2.83 bits per heavy atom. The van der Waals surface area contributed by atoms with Crippen LogP contribution in [-0.4, -0.2) is 18.9 Å². The van der Waals surface area contributed by atoms with Crippen LogP contribution in [-0.2, 0) is 9.63 Å². The monoisotopic (exact) mass is 270 g/mol. The van der Waals surface area contributed by atoms with Crippen molar-refractivity contribution in [3.63, 3.8) is 0 Å².